The summed E-state index contributed by atoms with van der Waals surface area (Å²) in [5.41, 5.74) is -0.0254. The van der Waals surface area contributed by atoms with Crippen molar-refractivity contribution in [1.82, 2.24) is 14.5 Å². The number of anilines is 2. The Balaban J connectivity index is 0.000000493. The molecule has 8 nitrogen and oxygen atoms in total. The number of carboxylic acids is 1. The topological polar surface area (TPSA) is 100 Å². The SMILES string of the molecule is O=C(Nc1ccc(N2CCC2)nc1)c1cc2cc(C(F)(F)F)cnc2n1Cc1ccccc1F.O=C(O)C(F)(F)F. The molecule has 4 heterocycles. The maximum absolute atomic E-state index is 14.3. The monoisotopic (exact) mass is 583 g/mol. The van der Waals surface area contributed by atoms with E-state index in [-0.39, 0.29) is 28.8 Å². The summed E-state index contributed by atoms with van der Waals surface area (Å²) < 4.78 is 87.1. The van der Waals surface area contributed by atoms with Gasteiger partial charge in [-0.2, -0.15) is 26.3 Å². The van der Waals surface area contributed by atoms with Crippen molar-refractivity contribution >= 4 is 34.4 Å². The number of aromatic nitrogens is 3. The van der Waals surface area contributed by atoms with Crippen LogP contribution in [-0.2, 0) is 17.5 Å². The molecule has 1 aromatic carbocycles. The number of alkyl halides is 6. The first kappa shape index (κ1) is 29.3. The molecule has 3 aromatic heterocycles. The van der Waals surface area contributed by atoms with Gasteiger partial charge in [0.25, 0.3) is 5.91 Å². The van der Waals surface area contributed by atoms with Gasteiger partial charge in [0.2, 0.25) is 0 Å². The zero-order valence-electron chi connectivity index (χ0n) is 20.8. The second kappa shape index (κ2) is 11.4. The fraction of sp³-hybridized carbons (Fsp3) is 0.231. The molecule has 0 radical (unpaired) electrons. The summed E-state index contributed by atoms with van der Waals surface area (Å²) in [6.07, 6.45) is -6.33. The number of rotatable bonds is 5. The number of fused-ring (bicyclic) bond motifs is 1. The van der Waals surface area contributed by atoms with Gasteiger partial charge in [0.15, 0.2) is 0 Å². The maximum atomic E-state index is 14.3. The van der Waals surface area contributed by atoms with Crippen molar-refractivity contribution in [2.45, 2.75) is 25.3 Å². The smallest absolute Gasteiger partial charge is 0.475 e. The largest absolute Gasteiger partial charge is 0.490 e. The highest BCUT2D eigenvalue weighted by molar-refractivity contribution is 6.06. The van der Waals surface area contributed by atoms with Gasteiger partial charge in [-0.3, -0.25) is 4.79 Å². The lowest BCUT2D eigenvalue weighted by Crippen LogP contribution is -2.37. The lowest BCUT2D eigenvalue weighted by molar-refractivity contribution is -0.192. The third-order valence-corrected chi connectivity index (χ3v) is 6.01. The van der Waals surface area contributed by atoms with Crippen LogP contribution in [-0.4, -0.2) is 50.8 Å². The van der Waals surface area contributed by atoms with E-state index >= 15 is 0 Å². The van der Waals surface area contributed by atoms with Crippen LogP contribution >= 0.6 is 0 Å². The summed E-state index contributed by atoms with van der Waals surface area (Å²) in [4.78, 5) is 32.4. The minimum atomic E-state index is -5.08. The van der Waals surface area contributed by atoms with Gasteiger partial charge in [0, 0.05) is 30.2 Å². The van der Waals surface area contributed by atoms with Crippen LogP contribution in [0.25, 0.3) is 11.0 Å². The zero-order chi connectivity index (χ0) is 29.9. The highest BCUT2D eigenvalue weighted by atomic mass is 19.4. The summed E-state index contributed by atoms with van der Waals surface area (Å²) in [5, 5.41) is 9.97. The quantitative estimate of drug-likeness (QED) is 0.291. The van der Waals surface area contributed by atoms with Crippen molar-refractivity contribution in [2.24, 2.45) is 0 Å². The van der Waals surface area contributed by atoms with Gasteiger partial charge in [-0.15, -0.1) is 0 Å². The number of halogens is 7. The third kappa shape index (κ3) is 6.91. The fourth-order valence-corrected chi connectivity index (χ4v) is 3.83. The number of hydrogen-bond acceptors (Lipinski definition) is 5. The van der Waals surface area contributed by atoms with Gasteiger partial charge >= 0.3 is 18.3 Å². The summed E-state index contributed by atoms with van der Waals surface area (Å²) in [6.45, 7) is 1.78. The Kier molecular flexibility index (Phi) is 8.17. The molecule has 1 aliphatic rings. The van der Waals surface area contributed by atoms with Crippen LogP contribution in [0.2, 0.25) is 0 Å². The average molecular weight is 583 g/mol. The molecule has 15 heteroatoms. The van der Waals surface area contributed by atoms with Crippen molar-refractivity contribution in [3.63, 3.8) is 0 Å². The molecule has 41 heavy (non-hydrogen) atoms. The second-order valence-electron chi connectivity index (χ2n) is 8.84. The van der Waals surface area contributed by atoms with E-state index < -0.39 is 35.6 Å². The number of aliphatic carboxylic acids is 1. The Hall–Kier alpha value is -4.69. The molecule has 0 spiro atoms. The molecule has 0 aliphatic carbocycles. The summed E-state index contributed by atoms with van der Waals surface area (Å²) in [6, 6.07) is 11.8. The first-order valence-corrected chi connectivity index (χ1v) is 11.9. The van der Waals surface area contributed by atoms with E-state index in [0.717, 1.165) is 31.4 Å². The predicted molar refractivity (Wildman–Crippen MR) is 133 cm³/mol. The van der Waals surface area contributed by atoms with Crippen molar-refractivity contribution in [2.75, 3.05) is 23.3 Å². The molecule has 5 rings (SSSR count). The number of carbonyl (C=O) groups is 2. The minimum absolute atomic E-state index is 0.0527. The van der Waals surface area contributed by atoms with Gasteiger partial charge in [0.1, 0.15) is 23.0 Å². The number of pyridine rings is 2. The van der Waals surface area contributed by atoms with Crippen LogP contribution < -0.4 is 10.2 Å². The number of nitrogens with zero attached hydrogens (tertiary/aromatic N) is 4. The van der Waals surface area contributed by atoms with Gasteiger partial charge in [-0.25, -0.2) is 19.2 Å². The summed E-state index contributed by atoms with van der Waals surface area (Å²) in [7, 11) is 0. The van der Waals surface area contributed by atoms with Crippen molar-refractivity contribution in [3.8, 4) is 0 Å². The number of nitrogens with one attached hydrogen (secondary N) is 1. The van der Waals surface area contributed by atoms with E-state index in [1.807, 2.05) is 0 Å². The lowest BCUT2D eigenvalue weighted by atomic mass is 10.2. The first-order valence-electron chi connectivity index (χ1n) is 11.9. The highest BCUT2D eigenvalue weighted by Crippen LogP contribution is 2.32. The number of hydrogen-bond donors (Lipinski definition) is 2. The first-order chi connectivity index (χ1) is 19.2. The van der Waals surface area contributed by atoms with Crippen LogP contribution in [0.3, 0.4) is 0 Å². The number of amides is 1. The van der Waals surface area contributed by atoms with E-state index in [2.05, 4.69) is 20.2 Å². The van der Waals surface area contributed by atoms with Crippen LogP contribution in [0, 0.1) is 5.82 Å². The van der Waals surface area contributed by atoms with E-state index in [1.165, 1.54) is 29.0 Å². The van der Waals surface area contributed by atoms with E-state index in [0.29, 0.717) is 11.9 Å². The maximum Gasteiger partial charge on any atom is 0.490 e. The molecule has 1 aliphatic heterocycles. The van der Waals surface area contributed by atoms with Gasteiger partial charge in [-0.05, 0) is 36.8 Å². The minimum Gasteiger partial charge on any atom is -0.475 e. The fourth-order valence-electron chi connectivity index (χ4n) is 3.83. The molecule has 0 unspecified atom stereocenters. The molecule has 0 atom stereocenters. The van der Waals surface area contributed by atoms with E-state index in [9.17, 15) is 35.5 Å². The third-order valence-electron chi connectivity index (χ3n) is 6.01. The van der Waals surface area contributed by atoms with Gasteiger partial charge in [-0.1, -0.05) is 18.2 Å². The molecule has 216 valence electrons. The molecule has 1 amide bonds. The molecule has 1 saturated heterocycles. The number of benzene rings is 1. The molecular formula is C26H20F7N5O3. The molecule has 0 bridgehead atoms. The summed E-state index contributed by atoms with van der Waals surface area (Å²) in [5.74, 6) is -3.01. The Bertz CT molecular complexity index is 1560. The van der Waals surface area contributed by atoms with Crippen molar-refractivity contribution in [1.29, 1.82) is 0 Å². The molecule has 0 saturated carbocycles. The van der Waals surface area contributed by atoms with Crippen molar-refractivity contribution in [3.05, 3.63) is 83.6 Å². The van der Waals surface area contributed by atoms with Crippen LogP contribution in [0.15, 0.2) is 60.9 Å². The Morgan fingerprint density at radius 2 is 1.63 bits per heavy atom. The summed E-state index contributed by atoms with van der Waals surface area (Å²) >= 11 is 0. The normalized spacial score (nSPS) is 13.3. The average Bonchev–Trinajstić information content (AvgIpc) is 3.22. The standard InChI is InChI=1S/C24H19F4N5O.C2HF3O2/c25-19-5-2-1-4-15(19)14-33-20(11-16-10-17(24(26,27)28)12-30-22(16)33)23(34)31-18-6-7-21(29-13-18)32-8-3-9-32;3-2(4,5)1(6)7/h1-2,4-7,10-13H,3,8-9,14H2,(H,31,34);(H,6,7). The zero-order valence-corrected chi connectivity index (χ0v) is 20.8. The highest BCUT2D eigenvalue weighted by Gasteiger charge is 2.38. The molecule has 1 fully saturated rings. The van der Waals surface area contributed by atoms with Gasteiger partial charge in [0.05, 0.1) is 24.0 Å². The Morgan fingerprint density at radius 1 is 0.951 bits per heavy atom. The van der Waals surface area contributed by atoms with E-state index in [1.54, 1.807) is 24.3 Å². The second-order valence-corrected chi connectivity index (χ2v) is 8.84. The number of carbonyl (C=O) groups excluding carboxylic acids is 1. The Labute approximate surface area is 227 Å². The predicted octanol–water partition coefficient (Wildman–Crippen LogP) is 5.73. The molecule has 2 N–H and O–H groups in total. The molecule has 4 aromatic rings. The van der Waals surface area contributed by atoms with Crippen LogP contribution in [0.4, 0.5) is 42.2 Å². The van der Waals surface area contributed by atoms with Crippen molar-refractivity contribution < 1.29 is 45.4 Å². The van der Waals surface area contributed by atoms with E-state index in [4.69, 9.17) is 9.90 Å². The molecular weight excluding hydrogens is 563 g/mol. The van der Waals surface area contributed by atoms with Crippen LogP contribution in [0.1, 0.15) is 28.0 Å². The lowest BCUT2D eigenvalue weighted by Gasteiger charge is -2.31. The van der Waals surface area contributed by atoms with Gasteiger partial charge < -0.3 is 19.9 Å². The number of carboxylic acid groups (broad SMARTS) is 1. The Morgan fingerprint density at radius 3 is 2.17 bits per heavy atom. The van der Waals surface area contributed by atoms with Crippen LogP contribution in [0.5, 0.6) is 0 Å².